The average molecular weight is 372 g/mol. The number of rotatable bonds is 6. The molecule has 144 valence electrons. The van der Waals surface area contributed by atoms with Crippen molar-refractivity contribution in [3.05, 3.63) is 29.8 Å². The molecule has 1 aromatic carbocycles. The topological polar surface area (TPSA) is 109 Å². The quantitative estimate of drug-likeness (QED) is 0.668. The lowest BCUT2D eigenvalue weighted by molar-refractivity contribution is 0.174. The zero-order valence-electron chi connectivity index (χ0n) is 15.1. The van der Waals surface area contributed by atoms with Gasteiger partial charge in [-0.25, -0.2) is 0 Å². The van der Waals surface area contributed by atoms with E-state index in [0.29, 0.717) is 19.2 Å². The number of hydrogen-bond donors (Lipinski definition) is 3. The molecule has 0 bridgehead atoms. The van der Waals surface area contributed by atoms with E-state index >= 15 is 0 Å². The van der Waals surface area contributed by atoms with E-state index in [1.54, 1.807) is 0 Å². The van der Waals surface area contributed by atoms with Crippen molar-refractivity contribution in [2.75, 3.05) is 62.1 Å². The fourth-order valence-electron chi connectivity index (χ4n) is 3.32. The highest BCUT2D eigenvalue weighted by Crippen LogP contribution is 2.33. The van der Waals surface area contributed by atoms with E-state index in [-0.39, 0.29) is 12.6 Å². The molecule has 2 aliphatic rings. The zero-order chi connectivity index (χ0) is 18.6. The molecule has 4 N–H and O–H groups in total. The summed E-state index contributed by atoms with van der Waals surface area (Å²) in [6.45, 7) is 5.22. The van der Waals surface area contributed by atoms with Crippen LogP contribution in [0.25, 0.3) is 0 Å². The molecule has 0 amide bonds. The number of aliphatic hydroxyl groups is 1. The van der Waals surface area contributed by atoms with Crippen LogP contribution in [0.1, 0.15) is 5.56 Å². The molecule has 1 fully saturated rings. The van der Waals surface area contributed by atoms with Crippen LogP contribution in [0.15, 0.2) is 24.3 Å². The van der Waals surface area contributed by atoms with Crippen LogP contribution < -0.4 is 25.4 Å². The Labute approximate surface area is 157 Å². The van der Waals surface area contributed by atoms with Crippen LogP contribution in [0, 0.1) is 0 Å². The van der Waals surface area contributed by atoms with Crippen molar-refractivity contribution >= 4 is 17.6 Å². The molecular weight excluding hydrogens is 348 g/mol. The van der Waals surface area contributed by atoms with E-state index in [2.05, 4.69) is 37.2 Å². The van der Waals surface area contributed by atoms with Gasteiger partial charge in [-0.2, -0.15) is 9.97 Å². The van der Waals surface area contributed by atoms with E-state index in [9.17, 15) is 0 Å². The van der Waals surface area contributed by atoms with Crippen LogP contribution in [-0.4, -0.2) is 66.1 Å². The number of hydrogen-bond acceptors (Lipinski definition) is 9. The third kappa shape index (κ3) is 4.15. The summed E-state index contributed by atoms with van der Waals surface area (Å²) in [6.07, 6.45) is 0. The summed E-state index contributed by atoms with van der Waals surface area (Å²) in [5, 5.41) is 12.0. The number of benzene rings is 1. The van der Waals surface area contributed by atoms with Crippen molar-refractivity contribution in [2.24, 2.45) is 0 Å². The Balaban J connectivity index is 1.35. The molecule has 4 rings (SSSR count). The maximum atomic E-state index is 8.95. The van der Waals surface area contributed by atoms with Gasteiger partial charge in [-0.15, -0.1) is 0 Å². The monoisotopic (exact) mass is 372 g/mol. The van der Waals surface area contributed by atoms with Crippen LogP contribution in [0.5, 0.6) is 11.5 Å². The van der Waals surface area contributed by atoms with Gasteiger partial charge in [-0.1, -0.05) is 6.07 Å². The van der Waals surface area contributed by atoms with E-state index in [1.165, 1.54) is 5.56 Å². The maximum absolute atomic E-state index is 8.95. The lowest BCUT2D eigenvalue weighted by Gasteiger charge is -2.35. The average Bonchev–Trinajstić information content (AvgIpc) is 3.14. The van der Waals surface area contributed by atoms with Crippen molar-refractivity contribution < 1.29 is 14.6 Å². The predicted molar refractivity (Wildman–Crippen MR) is 102 cm³/mol. The fraction of sp³-hybridized carbons (Fsp3) is 0.444. The number of piperazine rings is 1. The number of fused-ring (bicyclic) bond motifs is 1. The number of aliphatic hydroxyl groups excluding tert-OH is 1. The molecule has 1 saturated heterocycles. The number of aromatic nitrogens is 2. The van der Waals surface area contributed by atoms with E-state index in [1.807, 2.05) is 12.1 Å². The van der Waals surface area contributed by atoms with Gasteiger partial charge < -0.3 is 30.5 Å². The molecule has 0 aliphatic carbocycles. The Morgan fingerprint density at radius 3 is 2.70 bits per heavy atom. The molecule has 27 heavy (non-hydrogen) atoms. The Kier molecular flexibility index (Phi) is 5.12. The van der Waals surface area contributed by atoms with Crippen molar-refractivity contribution in [3.63, 3.8) is 0 Å². The van der Waals surface area contributed by atoms with E-state index < -0.39 is 0 Å². The normalized spacial score (nSPS) is 16.6. The predicted octanol–water partition coefficient (Wildman–Crippen LogP) is 0.514. The highest BCUT2D eigenvalue weighted by molar-refractivity contribution is 5.53. The molecule has 0 spiro atoms. The second-order valence-electron chi connectivity index (χ2n) is 6.57. The van der Waals surface area contributed by atoms with Crippen LogP contribution in [0.2, 0.25) is 0 Å². The number of anilines is 3. The second-order valence-corrected chi connectivity index (χ2v) is 6.57. The van der Waals surface area contributed by atoms with Gasteiger partial charge >= 0.3 is 0 Å². The van der Waals surface area contributed by atoms with Gasteiger partial charge in [0.05, 0.1) is 6.61 Å². The van der Waals surface area contributed by atoms with Crippen molar-refractivity contribution in [1.82, 2.24) is 14.9 Å². The van der Waals surface area contributed by atoms with Crippen molar-refractivity contribution in [3.8, 4) is 11.5 Å². The Bertz CT molecular complexity index is 795. The largest absolute Gasteiger partial charge is 0.454 e. The molecule has 0 atom stereocenters. The summed E-state index contributed by atoms with van der Waals surface area (Å²) in [7, 11) is 0. The Hall–Kier alpha value is -2.78. The van der Waals surface area contributed by atoms with Gasteiger partial charge in [0, 0.05) is 45.3 Å². The summed E-state index contributed by atoms with van der Waals surface area (Å²) in [5.74, 6) is 3.32. The van der Waals surface area contributed by atoms with Crippen molar-refractivity contribution in [2.45, 2.75) is 6.54 Å². The number of ether oxygens (including phenoxy) is 2. The van der Waals surface area contributed by atoms with Gasteiger partial charge in [-0.3, -0.25) is 4.90 Å². The molecule has 2 aliphatic heterocycles. The van der Waals surface area contributed by atoms with Crippen molar-refractivity contribution in [1.29, 1.82) is 0 Å². The molecule has 0 radical (unpaired) electrons. The molecule has 2 aromatic rings. The summed E-state index contributed by atoms with van der Waals surface area (Å²) in [4.78, 5) is 13.1. The first-order chi connectivity index (χ1) is 13.2. The zero-order valence-corrected chi connectivity index (χ0v) is 15.1. The number of nitrogens with one attached hydrogen (secondary N) is 1. The van der Waals surface area contributed by atoms with Gasteiger partial charge in [0.1, 0.15) is 11.6 Å². The van der Waals surface area contributed by atoms with Gasteiger partial charge in [0.25, 0.3) is 0 Å². The first-order valence-electron chi connectivity index (χ1n) is 9.06. The van der Waals surface area contributed by atoms with Crippen LogP contribution in [0.4, 0.5) is 17.6 Å². The molecule has 1 aromatic heterocycles. The third-order valence-electron chi connectivity index (χ3n) is 4.69. The Morgan fingerprint density at radius 2 is 1.89 bits per heavy atom. The van der Waals surface area contributed by atoms with E-state index in [0.717, 1.165) is 50.0 Å². The molecular formula is C18H24N6O3. The third-order valence-corrected chi connectivity index (χ3v) is 4.69. The van der Waals surface area contributed by atoms with Crippen LogP contribution in [-0.2, 0) is 6.54 Å². The molecule has 9 nitrogen and oxygen atoms in total. The van der Waals surface area contributed by atoms with Gasteiger partial charge in [0.15, 0.2) is 11.5 Å². The minimum atomic E-state index is 0.0395. The summed E-state index contributed by atoms with van der Waals surface area (Å²) in [5.41, 5.74) is 7.05. The molecule has 9 heteroatoms. The Morgan fingerprint density at radius 1 is 1.07 bits per heavy atom. The fourth-order valence-corrected chi connectivity index (χ4v) is 3.32. The van der Waals surface area contributed by atoms with Crippen LogP contribution in [0.3, 0.4) is 0 Å². The highest BCUT2D eigenvalue weighted by atomic mass is 16.7. The summed E-state index contributed by atoms with van der Waals surface area (Å²) < 4.78 is 10.8. The van der Waals surface area contributed by atoms with E-state index in [4.69, 9.17) is 20.3 Å². The molecule has 3 heterocycles. The number of nitrogens with two attached hydrogens (primary N) is 1. The first-order valence-corrected chi connectivity index (χ1v) is 9.06. The standard InChI is InChI=1S/C18H24N6O3/c19-18-21-16(20-3-8-25)10-17(22-18)24-6-4-23(5-7-24)11-13-1-2-14-15(9-13)27-12-26-14/h1-2,9-10,25H,3-8,11-12H2,(H3,19,20,21,22). The lowest BCUT2D eigenvalue weighted by atomic mass is 10.1. The SMILES string of the molecule is Nc1nc(NCCO)cc(N2CCN(Cc3ccc4c(c3)OCO4)CC2)n1. The molecule has 0 unspecified atom stereocenters. The lowest BCUT2D eigenvalue weighted by Crippen LogP contribution is -2.46. The number of nitrogen functional groups attached to an aromatic ring is 1. The minimum Gasteiger partial charge on any atom is -0.454 e. The summed E-state index contributed by atoms with van der Waals surface area (Å²) in [6, 6.07) is 7.99. The first kappa shape index (κ1) is 17.6. The minimum absolute atomic E-state index is 0.0395. The second kappa shape index (κ2) is 7.85. The number of nitrogens with zero attached hydrogens (tertiary/aromatic N) is 4. The highest BCUT2D eigenvalue weighted by Gasteiger charge is 2.20. The molecule has 0 saturated carbocycles. The van der Waals surface area contributed by atoms with Gasteiger partial charge in [0.2, 0.25) is 12.7 Å². The smallest absolute Gasteiger partial charge is 0.231 e. The maximum Gasteiger partial charge on any atom is 0.231 e. The van der Waals surface area contributed by atoms with Crippen LogP contribution >= 0.6 is 0 Å². The van der Waals surface area contributed by atoms with Gasteiger partial charge in [-0.05, 0) is 17.7 Å². The summed E-state index contributed by atoms with van der Waals surface area (Å²) >= 11 is 0.